The SMILES string of the molecule is CC(C)NCC(O)COc1cccc2[nH]ccc12.O=C(O)/C=C/C(=O)O. The average molecular weight is 364 g/mol. The van der Waals surface area contributed by atoms with E-state index in [0.29, 0.717) is 31.3 Å². The molecule has 8 heteroatoms. The lowest BCUT2D eigenvalue weighted by molar-refractivity contribution is -0.134. The fourth-order valence-corrected chi connectivity index (χ4v) is 1.94. The normalized spacial score (nSPS) is 12.0. The van der Waals surface area contributed by atoms with Gasteiger partial charge in [-0.15, -0.1) is 0 Å². The van der Waals surface area contributed by atoms with Crippen molar-refractivity contribution in [2.24, 2.45) is 0 Å². The fourth-order valence-electron chi connectivity index (χ4n) is 1.94. The number of fused-ring (bicyclic) bond motifs is 1. The second kappa shape index (κ2) is 10.9. The van der Waals surface area contributed by atoms with E-state index in [9.17, 15) is 14.7 Å². The minimum atomic E-state index is -1.26. The molecule has 5 N–H and O–H groups in total. The highest BCUT2D eigenvalue weighted by atomic mass is 16.5. The number of ether oxygens (including phenoxy) is 1. The summed E-state index contributed by atoms with van der Waals surface area (Å²) in [4.78, 5) is 22.2. The monoisotopic (exact) mass is 364 g/mol. The van der Waals surface area contributed by atoms with Gasteiger partial charge in [-0.2, -0.15) is 0 Å². The third-order valence-corrected chi connectivity index (χ3v) is 3.12. The number of aliphatic hydroxyl groups excluding tert-OH is 1. The Morgan fingerprint density at radius 3 is 2.42 bits per heavy atom. The number of carboxylic acid groups (broad SMARTS) is 2. The topological polar surface area (TPSA) is 132 Å². The molecular weight excluding hydrogens is 340 g/mol. The van der Waals surface area contributed by atoms with Gasteiger partial charge >= 0.3 is 11.9 Å². The quantitative estimate of drug-likeness (QED) is 0.450. The van der Waals surface area contributed by atoms with Crippen molar-refractivity contribution in [3.8, 4) is 5.75 Å². The van der Waals surface area contributed by atoms with E-state index in [1.165, 1.54) is 0 Å². The first kappa shape index (κ1) is 21.2. The number of aromatic nitrogens is 1. The van der Waals surface area contributed by atoms with E-state index in [-0.39, 0.29) is 0 Å². The van der Waals surface area contributed by atoms with E-state index >= 15 is 0 Å². The van der Waals surface area contributed by atoms with Crippen LogP contribution in [0.25, 0.3) is 10.9 Å². The maximum atomic E-state index is 9.79. The zero-order valence-corrected chi connectivity index (χ0v) is 14.7. The Kier molecular flexibility index (Phi) is 8.90. The zero-order chi connectivity index (χ0) is 19.5. The molecule has 0 spiro atoms. The number of nitrogens with one attached hydrogen (secondary N) is 2. The van der Waals surface area contributed by atoms with Gasteiger partial charge < -0.3 is 30.4 Å². The second-order valence-electron chi connectivity index (χ2n) is 5.73. The number of H-pyrrole nitrogens is 1. The number of aromatic amines is 1. The highest BCUT2D eigenvalue weighted by Crippen LogP contribution is 2.24. The van der Waals surface area contributed by atoms with Gasteiger partial charge in [-0.1, -0.05) is 19.9 Å². The Morgan fingerprint density at radius 1 is 1.19 bits per heavy atom. The summed E-state index contributed by atoms with van der Waals surface area (Å²) >= 11 is 0. The number of aliphatic carboxylic acids is 2. The molecule has 1 aromatic carbocycles. The van der Waals surface area contributed by atoms with Gasteiger partial charge in [0, 0.05) is 41.8 Å². The standard InChI is InChI=1S/C14H20N2O2.C4H4O4/c1-10(2)16-8-11(17)9-18-14-5-3-4-13-12(14)6-7-15-13;5-3(6)1-2-4(7)8/h3-7,10-11,15-17H,8-9H2,1-2H3;1-2H,(H,5,6)(H,7,8)/b;2-1+. The molecule has 0 saturated carbocycles. The van der Waals surface area contributed by atoms with Crippen molar-refractivity contribution in [3.63, 3.8) is 0 Å². The first-order valence-electron chi connectivity index (χ1n) is 8.04. The molecule has 8 nitrogen and oxygen atoms in total. The van der Waals surface area contributed by atoms with E-state index < -0.39 is 18.0 Å². The molecule has 0 bridgehead atoms. The summed E-state index contributed by atoms with van der Waals surface area (Å²) in [6, 6.07) is 8.20. The molecule has 2 rings (SSSR count). The summed E-state index contributed by atoms with van der Waals surface area (Å²) in [5.41, 5.74) is 1.04. The maximum Gasteiger partial charge on any atom is 0.328 e. The summed E-state index contributed by atoms with van der Waals surface area (Å²) < 4.78 is 5.66. The van der Waals surface area contributed by atoms with Crippen LogP contribution in [0.15, 0.2) is 42.6 Å². The first-order valence-corrected chi connectivity index (χ1v) is 8.04. The lowest BCUT2D eigenvalue weighted by Crippen LogP contribution is -2.35. The van der Waals surface area contributed by atoms with Crippen LogP contribution < -0.4 is 10.1 Å². The molecule has 142 valence electrons. The van der Waals surface area contributed by atoms with Crippen LogP contribution in [0.3, 0.4) is 0 Å². The van der Waals surface area contributed by atoms with Gasteiger partial charge in [0.1, 0.15) is 18.5 Å². The molecule has 0 aliphatic heterocycles. The molecule has 0 saturated heterocycles. The number of hydrogen-bond donors (Lipinski definition) is 5. The largest absolute Gasteiger partial charge is 0.490 e. The summed E-state index contributed by atoms with van der Waals surface area (Å²) in [6.45, 7) is 4.94. The number of benzene rings is 1. The minimum Gasteiger partial charge on any atom is -0.490 e. The number of rotatable bonds is 8. The van der Waals surface area contributed by atoms with E-state index in [1.807, 2.05) is 44.3 Å². The van der Waals surface area contributed by atoms with Crippen molar-refractivity contribution in [1.29, 1.82) is 0 Å². The summed E-state index contributed by atoms with van der Waals surface area (Å²) in [5.74, 6) is -1.71. The Hall–Kier alpha value is -2.84. The van der Waals surface area contributed by atoms with Gasteiger partial charge in [-0.25, -0.2) is 9.59 Å². The Balaban J connectivity index is 0.000000359. The molecule has 1 heterocycles. The van der Waals surface area contributed by atoms with Gasteiger partial charge in [0.2, 0.25) is 0 Å². The van der Waals surface area contributed by atoms with Crippen LogP contribution in [0.4, 0.5) is 0 Å². The molecule has 0 aliphatic rings. The third kappa shape index (κ3) is 8.32. The molecule has 26 heavy (non-hydrogen) atoms. The smallest absolute Gasteiger partial charge is 0.328 e. The average Bonchev–Trinajstić information content (AvgIpc) is 3.06. The third-order valence-electron chi connectivity index (χ3n) is 3.12. The molecule has 0 amide bonds. The van der Waals surface area contributed by atoms with E-state index in [4.69, 9.17) is 14.9 Å². The number of aliphatic hydroxyl groups is 1. The summed E-state index contributed by atoms with van der Waals surface area (Å²) in [6.07, 6.45) is 2.50. The van der Waals surface area contributed by atoms with Crippen LogP contribution in [0.5, 0.6) is 5.75 Å². The van der Waals surface area contributed by atoms with E-state index in [2.05, 4.69) is 10.3 Å². The maximum absolute atomic E-state index is 9.79. The predicted octanol–water partition coefficient (Wildman–Crippen LogP) is 1.62. The molecule has 1 aromatic heterocycles. The van der Waals surface area contributed by atoms with Crippen molar-refractivity contribution in [3.05, 3.63) is 42.6 Å². The van der Waals surface area contributed by atoms with Crippen LogP contribution in [-0.4, -0.2) is 57.5 Å². The summed E-state index contributed by atoms with van der Waals surface area (Å²) in [7, 11) is 0. The molecular formula is C18H24N2O6. The van der Waals surface area contributed by atoms with Crippen molar-refractivity contribution >= 4 is 22.8 Å². The van der Waals surface area contributed by atoms with Crippen molar-refractivity contribution in [2.75, 3.05) is 13.2 Å². The van der Waals surface area contributed by atoms with Crippen molar-refractivity contribution in [2.45, 2.75) is 26.0 Å². The van der Waals surface area contributed by atoms with Gasteiger partial charge in [0.15, 0.2) is 0 Å². The number of carbonyl (C=O) groups is 2. The zero-order valence-electron chi connectivity index (χ0n) is 14.7. The highest BCUT2D eigenvalue weighted by Gasteiger charge is 2.08. The number of hydrogen-bond acceptors (Lipinski definition) is 5. The lowest BCUT2D eigenvalue weighted by Gasteiger charge is -2.15. The second-order valence-corrected chi connectivity index (χ2v) is 5.73. The van der Waals surface area contributed by atoms with Crippen molar-refractivity contribution in [1.82, 2.24) is 10.3 Å². The van der Waals surface area contributed by atoms with E-state index in [0.717, 1.165) is 16.7 Å². The highest BCUT2D eigenvalue weighted by molar-refractivity contribution is 5.89. The van der Waals surface area contributed by atoms with Gasteiger partial charge in [0.05, 0.1) is 0 Å². The molecule has 0 radical (unpaired) electrons. The molecule has 2 aromatic rings. The Labute approximate surface area is 151 Å². The van der Waals surface area contributed by atoms with Crippen LogP contribution in [-0.2, 0) is 9.59 Å². The van der Waals surface area contributed by atoms with Crippen molar-refractivity contribution < 1.29 is 29.6 Å². The van der Waals surface area contributed by atoms with Gasteiger partial charge in [-0.05, 0) is 18.2 Å². The predicted molar refractivity (Wildman–Crippen MR) is 97.4 cm³/mol. The number of carboxylic acids is 2. The lowest BCUT2D eigenvalue weighted by atomic mass is 10.2. The molecule has 1 unspecified atom stereocenters. The van der Waals surface area contributed by atoms with Gasteiger partial charge in [0.25, 0.3) is 0 Å². The Morgan fingerprint density at radius 2 is 1.85 bits per heavy atom. The van der Waals surface area contributed by atoms with Crippen LogP contribution in [0, 0.1) is 0 Å². The van der Waals surface area contributed by atoms with Gasteiger partial charge in [-0.3, -0.25) is 0 Å². The molecule has 0 aliphatic carbocycles. The van der Waals surface area contributed by atoms with Crippen LogP contribution >= 0.6 is 0 Å². The molecule has 1 atom stereocenters. The first-order chi connectivity index (χ1) is 12.3. The Bertz CT molecular complexity index is 722. The molecule has 0 fully saturated rings. The van der Waals surface area contributed by atoms with Crippen LogP contribution in [0.2, 0.25) is 0 Å². The fraction of sp³-hybridized carbons (Fsp3) is 0.333. The summed E-state index contributed by atoms with van der Waals surface area (Å²) in [5, 5.41) is 29.6. The minimum absolute atomic E-state index is 0.296. The van der Waals surface area contributed by atoms with Crippen LogP contribution in [0.1, 0.15) is 13.8 Å². The van der Waals surface area contributed by atoms with E-state index in [1.54, 1.807) is 0 Å².